The minimum absolute atomic E-state index is 0.235. The molecule has 7 heteroatoms. The summed E-state index contributed by atoms with van der Waals surface area (Å²) in [5, 5.41) is 0.617. The number of fused-ring (bicyclic) bond motifs is 2. The molecule has 0 radical (unpaired) electrons. The van der Waals surface area contributed by atoms with E-state index >= 15 is 0 Å². The lowest BCUT2D eigenvalue weighted by atomic mass is 10.1. The van der Waals surface area contributed by atoms with Crippen LogP contribution >= 0.6 is 0 Å². The summed E-state index contributed by atoms with van der Waals surface area (Å²) < 4.78 is 32.6. The summed E-state index contributed by atoms with van der Waals surface area (Å²) in [7, 11) is -4.44. The number of amides is 2. The molecule has 0 fully saturated rings. The first-order chi connectivity index (χ1) is 11.9. The van der Waals surface area contributed by atoms with Gasteiger partial charge in [-0.05, 0) is 24.3 Å². The standard InChI is InChI=1S/C18H11NO5S/c20-17-13-7-3-4-8-14(13)18(21)19(17)15-9-10-16(25(22,23)24)12-6-2-1-5-11(12)15/h1-10H,(H,22,23,24). The lowest BCUT2D eigenvalue weighted by molar-refractivity contribution is 0.0926. The van der Waals surface area contributed by atoms with Crippen molar-refractivity contribution in [3.8, 4) is 0 Å². The van der Waals surface area contributed by atoms with Crippen LogP contribution in [0.3, 0.4) is 0 Å². The van der Waals surface area contributed by atoms with Crippen molar-refractivity contribution >= 4 is 38.4 Å². The minimum Gasteiger partial charge on any atom is -0.282 e. The van der Waals surface area contributed by atoms with Gasteiger partial charge >= 0.3 is 0 Å². The molecule has 1 heterocycles. The molecule has 3 aromatic carbocycles. The van der Waals surface area contributed by atoms with Crippen LogP contribution in [0.5, 0.6) is 0 Å². The summed E-state index contributed by atoms with van der Waals surface area (Å²) >= 11 is 0. The first-order valence-electron chi connectivity index (χ1n) is 7.36. The van der Waals surface area contributed by atoms with Gasteiger partial charge in [-0.2, -0.15) is 8.42 Å². The quantitative estimate of drug-likeness (QED) is 0.565. The second-order valence-corrected chi connectivity index (χ2v) is 6.98. The molecule has 3 aromatic rings. The van der Waals surface area contributed by atoms with E-state index in [-0.39, 0.29) is 16.0 Å². The number of nitrogens with zero attached hydrogens (tertiary/aromatic N) is 1. The molecule has 0 bridgehead atoms. The van der Waals surface area contributed by atoms with E-state index < -0.39 is 21.9 Å². The van der Waals surface area contributed by atoms with Crippen molar-refractivity contribution in [2.24, 2.45) is 0 Å². The van der Waals surface area contributed by atoms with Crippen molar-refractivity contribution in [2.45, 2.75) is 4.90 Å². The van der Waals surface area contributed by atoms with Gasteiger partial charge in [0.2, 0.25) is 0 Å². The van der Waals surface area contributed by atoms with Crippen LogP contribution in [0.1, 0.15) is 20.7 Å². The average molecular weight is 353 g/mol. The molecule has 0 saturated carbocycles. The van der Waals surface area contributed by atoms with Gasteiger partial charge in [0.25, 0.3) is 21.9 Å². The molecule has 25 heavy (non-hydrogen) atoms. The molecule has 1 aliphatic rings. The fourth-order valence-electron chi connectivity index (χ4n) is 3.08. The van der Waals surface area contributed by atoms with Crippen LogP contribution in [-0.4, -0.2) is 24.8 Å². The zero-order chi connectivity index (χ0) is 17.8. The van der Waals surface area contributed by atoms with Gasteiger partial charge in [-0.25, -0.2) is 4.90 Å². The molecule has 0 saturated heterocycles. The number of benzene rings is 3. The van der Waals surface area contributed by atoms with E-state index in [0.29, 0.717) is 16.5 Å². The second-order valence-electron chi connectivity index (χ2n) is 5.59. The average Bonchev–Trinajstić information content (AvgIpc) is 2.85. The summed E-state index contributed by atoms with van der Waals surface area (Å²) in [6.45, 7) is 0. The van der Waals surface area contributed by atoms with Gasteiger partial charge in [0.1, 0.15) is 4.90 Å². The number of anilines is 1. The fraction of sp³-hybridized carbons (Fsp3) is 0. The summed E-state index contributed by atoms with van der Waals surface area (Å²) in [4.78, 5) is 26.1. The van der Waals surface area contributed by atoms with Gasteiger partial charge in [0, 0.05) is 10.8 Å². The lowest BCUT2D eigenvalue weighted by Crippen LogP contribution is -2.29. The Balaban J connectivity index is 1.99. The van der Waals surface area contributed by atoms with E-state index in [4.69, 9.17) is 0 Å². The minimum atomic E-state index is -4.44. The zero-order valence-corrected chi connectivity index (χ0v) is 13.5. The Bertz CT molecular complexity index is 1130. The third-order valence-corrected chi connectivity index (χ3v) is 5.09. The van der Waals surface area contributed by atoms with Crippen molar-refractivity contribution in [1.82, 2.24) is 0 Å². The number of rotatable bonds is 2. The zero-order valence-electron chi connectivity index (χ0n) is 12.7. The van der Waals surface area contributed by atoms with Crippen molar-refractivity contribution in [3.05, 3.63) is 71.8 Å². The molecule has 4 rings (SSSR count). The summed E-state index contributed by atoms with van der Waals surface area (Å²) in [6.07, 6.45) is 0. The molecule has 2 amide bonds. The molecule has 124 valence electrons. The highest BCUT2D eigenvalue weighted by molar-refractivity contribution is 7.86. The maximum Gasteiger partial charge on any atom is 0.295 e. The van der Waals surface area contributed by atoms with E-state index in [2.05, 4.69) is 0 Å². The Morgan fingerprint density at radius 2 is 1.24 bits per heavy atom. The lowest BCUT2D eigenvalue weighted by Gasteiger charge is -2.17. The maximum atomic E-state index is 12.7. The Labute approximate surface area is 143 Å². The predicted octanol–water partition coefficient (Wildman–Crippen LogP) is 2.89. The van der Waals surface area contributed by atoms with Crippen LogP contribution in [0.15, 0.2) is 65.6 Å². The Hall–Kier alpha value is -3.03. The van der Waals surface area contributed by atoms with E-state index in [9.17, 15) is 22.6 Å². The third-order valence-electron chi connectivity index (χ3n) is 4.17. The third kappa shape index (κ3) is 2.25. The number of hydrogen-bond donors (Lipinski definition) is 1. The molecule has 0 aromatic heterocycles. The van der Waals surface area contributed by atoms with E-state index in [1.807, 2.05) is 0 Å². The summed E-state index contributed by atoms with van der Waals surface area (Å²) in [5.74, 6) is -0.935. The highest BCUT2D eigenvalue weighted by Gasteiger charge is 2.37. The summed E-state index contributed by atoms with van der Waals surface area (Å²) in [6, 6.07) is 15.4. The van der Waals surface area contributed by atoms with Gasteiger partial charge in [-0.3, -0.25) is 14.1 Å². The normalized spacial score (nSPS) is 14.2. The highest BCUT2D eigenvalue weighted by Crippen LogP contribution is 2.36. The molecule has 0 spiro atoms. The topological polar surface area (TPSA) is 91.8 Å². The van der Waals surface area contributed by atoms with Crippen LogP contribution in [0.2, 0.25) is 0 Å². The SMILES string of the molecule is O=C1c2ccccc2C(=O)N1c1ccc(S(=O)(=O)O)c2ccccc12. The molecular weight excluding hydrogens is 342 g/mol. The van der Waals surface area contributed by atoms with Crippen molar-refractivity contribution in [2.75, 3.05) is 4.90 Å². The van der Waals surface area contributed by atoms with Crippen LogP contribution < -0.4 is 4.90 Å². The van der Waals surface area contributed by atoms with Gasteiger partial charge in [-0.1, -0.05) is 36.4 Å². The molecular formula is C18H11NO5S. The maximum absolute atomic E-state index is 12.7. The molecule has 0 aliphatic carbocycles. The van der Waals surface area contributed by atoms with Crippen molar-refractivity contribution in [1.29, 1.82) is 0 Å². The van der Waals surface area contributed by atoms with Crippen molar-refractivity contribution in [3.63, 3.8) is 0 Å². The van der Waals surface area contributed by atoms with Crippen LogP contribution in [0.4, 0.5) is 5.69 Å². The Morgan fingerprint density at radius 3 is 1.80 bits per heavy atom. The Morgan fingerprint density at radius 1 is 0.720 bits per heavy atom. The van der Waals surface area contributed by atoms with E-state index in [1.54, 1.807) is 42.5 Å². The molecule has 1 N–H and O–H groups in total. The van der Waals surface area contributed by atoms with E-state index in [0.717, 1.165) is 4.90 Å². The second kappa shape index (κ2) is 5.23. The number of hydrogen-bond acceptors (Lipinski definition) is 4. The fourth-order valence-corrected chi connectivity index (χ4v) is 3.78. The van der Waals surface area contributed by atoms with Gasteiger partial charge < -0.3 is 0 Å². The van der Waals surface area contributed by atoms with E-state index in [1.165, 1.54) is 18.2 Å². The predicted molar refractivity (Wildman–Crippen MR) is 91.3 cm³/mol. The first kappa shape index (κ1) is 15.5. The highest BCUT2D eigenvalue weighted by atomic mass is 32.2. The number of imide groups is 1. The Kier molecular flexibility index (Phi) is 3.24. The largest absolute Gasteiger partial charge is 0.295 e. The smallest absolute Gasteiger partial charge is 0.282 e. The van der Waals surface area contributed by atoms with Crippen molar-refractivity contribution < 1.29 is 22.6 Å². The van der Waals surface area contributed by atoms with Gasteiger partial charge in [0.05, 0.1) is 16.8 Å². The van der Waals surface area contributed by atoms with Gasteiger partial charge in [-0.15, -0.1) is 0 Å². The van der Waals surface area contributed by atoms with Crippen LogP contribution in [0.25, 0.3) is 10.8 Å². The first-order valence-corrected chi connectivity index (χ1v) is 8.80. The number of carbonyl (C=O) groups is 2. The van der Waals surface area contributed by atoms with Crippen LogP contribution in [0, 0.1) is 0 Å². The molecule has 0 atom stereocenters. The summed E-state index contributed by atoms with van der Waals surface area (Å²) in [5.41, 5.74) is 0.875. The van der Waals surface area contributed by atoms with Crippen LogP contribution in [-0.2, 0) is 10.1 Å². The monoisotopic (exact) mass is 353 g/mol. The molecule has 0 unspecified atom stereocenters. The van der Waals surface area contributed by atoms with Gasteiger partial charge in [0.15, 0.2) is 0 Å². The molecule has 6 nitrogen and oxygen atoms in total. The molecule has 1 aliphatic heterocycles. The number of carbonyl (C=O) groups excluding carboxylic acids is 2.